The van der Waals surface area contributed by atoms with Gasteiger partial charge in [0, 0.05) is 12.5 Å². The van der Waals surface area contributed by atoms with Gasteiger partial charge in [0.2, 0.25) is 0 Å². The fourth-order valence-electron chi connectivity index (χ4n) is 1.96. The molecule has 1 fully saturated rings. The van der Waals surface area contributed by atoms with Gasteiger partial charge in [0.05, 0.1) is 6.10 Å². The molecule has 3 N–H and O–H groups in total. The zero-order valence-corrected chi connectivity index (χ0v) is 7.08. The average Bonchev–Trinajstić information content (AvgIpc) is 2.59. The van der Waals surface area contributed by atoms with Crippen LogP contribution in [0.15, 0.2) is 4.99 Å². The van der Waals surface area contributed by atoms with Crippen LogP contribution in [-0.4, -0.2) is 52.7 Å². The molecule has 2 rings (SSSR count). The van der Waals surface area contributed by atoms with E-state index in [1.807, 2.05) is 0 Å². The molecule has 13 heavy (non-hydrogen) atoms. The summed E-state index contributed by atoms with van der Waals surface area (Å²) < 4.78 is 5.13. The van der Waals surface area contributed by atoms with Gasteiger partial charge < -0.3 is 20.1 Å². The summed E-state index contributed by atoms with van der Waals surface area (Å²) in [6.45, 7) is -0.134. The standard InChI is InChI=1S/C8H13NO4/c10-2-4-1-5-6(9-3-13-5)8(12)7(4)11/h3-8,10-12H,1-2H2. The number of aliphatic hydroxyl groups excluding tert-OH is 3. The Labute approximate surface area is 75.7 Å². The van der Waals surface area contributed by atoms with Gasteiger partial charge in [-0.15, -0.1) is 0 Å². The van der Waals surface area contributed by atoms with Gasteiger partial charge in [-0.1, -0.05) is 0 Å². The first-order chi connectivity index (χ1) is 6.24. The molecule has 0 radical (unpaired) electrons. The molecule has 5 nitrogen and oxygen atoms in total. The molecule has 1 saturated carbocycles. The number of rotatable bonds is 1. The number of ether oxygens (including phenoxy) is 1. The normalized spacial score (nSPS) is 48.7. The Kier molecular flexibility index (Phi) is 2.23. The molecule has 1 heterocycles. The van der Waals surface area contributed by atoms with Gasteiger partial charge in [0.15, 0.2) is 6.40 Å². The second kappa shape index (κ2) is 3.25. The molecule has 5 unspecified atom stereocenters. The topological polar surface area (TPSA) is 82.3 Å². The maximum atomic E-state index is 9.59. The molecule has 5 heteroatoms. The van der Waals surface area contributed by atoms with E-state index in [4.69, 9.17) is 9.84 Å². The lowest BCUT2D eigenvalue weighted by atomic mass is 9.80. The fourth-order valence-corrected chi connectivity index (χ4v) is 1.96. The van der Waals surface area contributed by atoms with Crippen LogP contribution < -0.4 is 0 Å². The number of hydrogen-bond acceptors (Lipinski definition) is 5. The van der Waals surface area contributed by atoms with Crippen molar-refractivity contribution in [2.45, 2.75) is 30.8 Å². The summed E-state index contributed by atoms with van der Waals surface area (Å²) in [5.74, 6) is -0.307. The van der Waals surface area contributed by atoms with E-state index in [-0.39, 0.29) is 24.7 Å². The number of fused-ring (bicyclic) bond motifs is 1. The third kappa shape index (κ3) is 1.33. The molecule has 0 bridgehead atoms. The van der Waals surface area contributed by atoms with Crippen LogP contribution in [0.3, 0.4) is 0 Å². The third-order valence-electron chi connectivity index (χ3n) is 2.80. The third-order valence-corrected chi connectivity index (χ3v) is 2.80. The van der Waals surface area contributed by atoms with E-state index < -0.39 is 12.2 Å². The minimum atomic E-state index is -0.922. The Morgan fingerprint density at radius 2 is 2.15 bits per heavy atom. The molecule has 0 aromatic heterocycles. The van der Waals surface area contributed by atoms with Crippen molar-refractivity contribution >= 4 is 6.40 Å². The van der Waals surface area contributed by atoms with Gasteiger partial charge in [-0.3, -0.25) is 0 Å². The van der Waals surface area contributed by atoms with Crippen molar-refractivity contribution in [2.24, 2.45) is 10.9 Å². The van der Waals surface area contributed by atoms with E-state index >= 15 is 0 Å². The number of aliphatic imine (C=N–C) groups is 1. The van der Waals surface area contributed by atoms with Crippen LogP contribution in [0.2, 0.25) is 0 Å². The Balaban J connectivity index is 2.11. The summed E-state index contributed by atoms with van der Waals surface area (Å²) in [4.78, 5) is 3.92. The van der Waals surface area contributed by atoms with Gasteiger partial charge in [0.25, 0.3) is 0 Å². The number of nitrogens with zero attached hydrogens (tertiary/aromatic N) is 1. The van der Waals surface area contributed by atoms with Gasteiger partial charge in [-0.2, -0.15) is 0 Å². The van der Waals surface area contributed by atoms with Gasteiger partial charge in [-0.25, -0.2) is 4.99 Å². The van der Waals surface area contributed by atoms with E-state index in [1.165, 1.54) is 6.40 Å². The van der Waals surface area contributed by atoms with Gasteiger partial charge in [0.1, 0.15) is 18.2 Å². The van der Waals surface area contributed by atoms with E-state index in [2.05, 4.69) is 4.99 Å². The van der Waals surface area contributed by atoms with Crippen molar-refractivity contribution in [1.29, 1.82) is 0 Å². The Bertz CT molecular complexity index is 220. The summed E-state index contributed by atoms with van der Waals surface area (Å²) in [5.41, 5.74) is 0. The SMILES string of the molecule is OCC1CC2OC=NC2C(O)C1O. The molecule has 1 aliphatic carbocycles. The van der Waals surface area contributed by atoms with Crippen LogP contribution in [0, 0.1) is 5.92 Å². The molecule has 0 amide bonds. The molecule has 0 aromatic carbocycles. The highest BCUT2D eigenvalue weighted by atomic mass is 16.5. The van der Waals surface area contributed by atoms with Crippen molar-refractivity contribution in [2.75, 3.05) is 6.61 Å². The molecular weight excluding hydrogens is 174 g/mol. The molecule has 2 aliphatic rings. The van der Waals surface area contributed by atoms with E-state index in [0.29, 0.717) is 6.42 Å². The minimum Gasteiger partial charge on any atom is -0.478 e. The maximum Gasteiger partial charge on any atom is 0.170 e. The first-order valence-corrected chi connectivity index (χ1v) is 4.38. The van der Waals surface area contributed by atoms with Crippen LogP contribution in [0.25, 0.3) is 0 Å². The summed E-state index contributed by atoms with van der Waals surface area (Å²) >= 11 is 0. The molecule has 0 saturated heterocycles. The first-order valence-electron chi connectivity index (χ1n) is 4.38. The molecule has 0 spiro atoms. The highest BCUT2D eigenvalue weighted by Crippen LogP contribution is 2.31. The Morgan fingerprint density at radius 1 is 1.38 bits per heavy atom. The lowest BCUT2D eigenvalue weighted by Gasteiger charge is -2.36. The summed E-state index contributed by atoms with van der Waals surface area (Å²) in [6.07, 6.45) is -0.153. The Hall–Kier alpha value is -0.650. The van der Waals surface area contributed by atoms with E-state index in [1.54, 1.807) is 0 Å². The van der Waals surface area contributed by atoms with Crippen molar-refractivity contribution < 1.29 is 20.1 Å². The van der Waals surface area contributed by atoms with Crippen molar-refractivity contribution in [3.63, 3.8) is 0 Å². The van der Waals surface area contributed by atoms with Crippen LogP contribution in [0.4, 0.5) is 0 Å². The van der Waals surface area contributed by atoms with Crippen molar-refractivity contribution in [1.82, 2.24) is 0 Å². The first kappa shape index (κ1) is 8.93. The average molecular weight is 187 g/mol. The monoisotopic (exact) mass is 187 g/mol. The minimum absolute atomic E-state index is 0.134. The van der Waals surface area contributed by atoms with Crippen molar-refractivity contribution in [3.05, 3.63) is 0 Å². The zero-order chi connectivity index (χ0) is 9.42. The Morgan fingerprint density at radius 3 is 2.85 bits per heavy atom. The maximum absolute atomic E-state index is 9.59. The molecular formula is C8H13NO4. The van der Waals surface area contributed by atoms with Crippen LogP contribution in [-0.2, 0) is 4.74 Å². The summed E-state index contributed by atoms with van der Waals surface area (Å²) in [7, 11) is 0. The van der Waals surface area contributed by atoms with Gasteiger partial charge in [-0.05, 0) is 6.42 Å². The highest BCUT2D eigenvalue weighted by molar-refractivity contribution is 5.50. The molecule has 0 aromatic rings. The predicted octanol–water partition coefficient (Wildman–Crippen LogP) is -1.48. The number of hydrogen-bond donors (Lipinski definition) is 3. The number of aliphatic hydroxyl groups is 3. The highest BCUT2D eigenvalue weighted by Gasteiger charge is 2.45. The zero-order valence-electron chi connectivity index (χ0n) is 7.08. The summed E-state index contributed by atoms with van der Waals surface area (Å²) in [5, 5.41) is 28.1. The second-order valence-electron chi connectivity index (χ2n) is 3.58. The molecule has 74 valence electrons. The predicted molar refractivity (Wildman–Crippen MR) is 44.4 cm³/mol. The summed E-state index contributed by atoms with van der Waals surface area (Å²) in [6, 6.07) is -0.363. The molecule has 1 aliphatic heterocycles. The lowest BCUT2D eigenvalue weighted by molar-refractivity contribution is -0.0941. The van der Waals surface area contributed by atoms with Crippen molar-refractivity contribution in [3.8, 4) is 0 Å². The smallest absolute Gasteiger partial charge is 0.170 e. The quantitative estimate of drug-likeness (QED) is 0.467. The van der Waals surface area contributed by atoms with Crippen LogP contribution in [0.5, 0.6) is 0 Å². The molecule has 5 atom stereocenters. The lowest BCUT2D eigenvalue weighted by Crippen LogP contribution is -2.52. The van der Waals surface area contributed by atoms with Gasteiger partial charge >= 0.3 is 0 Å². The van der Waals surface area contributed by atoms with Crippen LogP contribution >= 0.6 is 0 Å². The largest absolute Gasteiger partial charge is 0.478 e. The van der Waals surface area contributed by atoms with E-state index in [9.17, 15) is 10.2 Å². The second-order valence-corrected chi connectivity index (χ2v) is 3.58. The fraction of sp³-hybridized carbons (Fsp3) is 0.875. The van der Waals surface area contributed by atoms with E-state index in [0.717, 1.165) is 0 Å². The van der Waals surface area contributed by atoms with Crippen LogP contribution in [0.1, 0.15) is 6.42 Å².